The highest BCUT2D eigenvalue weighted by Crippen LogP contribution is 2.38. The van der Waals surface area contributed by atoms with Crippen LogP contribution in [-0.2, 0) is 6.42 Å². The van der Waals surface area contributed by atoms with Crippen molar-refractivity contribution >= 4 is 21.7 Å². The largest absolute Gasteiger partial charge is 0.380 e. The second kappa shape index (κ2) is 5.74. The number of aromatic nitrogens is 1. The van der Waals surface area contributed by atoms with Crippen molar-refractivity contribution in [3.63, 3.8) is 0 Å². The van der Waals surface area contributed by atoms with E-state index in [9.17, 15) is 0 Å². The maximum atomic E-state index is 6.03. The van der Waals surface area contributed by atoms with Crippen molar-refractivity contribution in [3.05, 3.63) is 58.6 Å². The Balaban J connectivity index is 2.22. The van der Waals surface area contributed by atoms with Crippen molar-refractivity contribution < 1.29 is 4.52 Å². The molecule has 0 unspecified atom stereocenters. The lowest BCUT2D eigenvalue weighted by Gasteiger charge is -2.07. The summed E-state index contributed by atoms with van der Waals surface area (Å²) in [5, 5.41) is 3.96. The predicted octanol–water partition coefficient (Wildman–Crippen LogP) is 4.92. The second-order valence-corrected chi connectivity index (χ2v) is 5.71. The molecule has 0 fully saturated rings. The lowest BCUT2D eigenvalue weighted by atomic mass is 9.97. The van der Waals surface area contributed by atoms with Crippen LogP contribution in [-0.4, -0.2) is 5.16 Å². The first-order valence-corrected chi connectivity index (χ1v) is 7.59. The van der Waals surface area contributed by atoms with Crippen LogP contribution in [0.3, 0.4) is 0 Å². The van der Waals surface area contributed by atoms with Crippen molar-refractivity contribution in [1.82, 2.24) is 5.16 Å². The van der Waals surface area contributed by atoms with Crippen LogP contribution >= 0.6 is 15.9 Å². The highest BCUT2D eigenvalue weighted by molar-refractivity contribution is 9.10. The number of anilines is 1. The second-order valence-electron chi connectivity index (χ2n) is 4.79. The van der Waals surface area contributed by atoms with E-state index in [4.69, 9.17) is 10.3 Å². The maximum Gasteiger partial charge on any atom is 0.177 e. The molecular weight excluding hydrogens is 328 g/mol. The van der Waals surface area contributed by atoms with Gasteiger partial charge >= 0.3 is 0 Å². The Morgan fingerprint density at radius 3 is 2.71 bits per heavy atom. The molecule has 0 aliphatic heterocycles. The molecule has 21 heavy (non-hydrogen) atoms. The summed E-state index contributed by atoms with van der Waals surface area (Å²) in [5.41, 5.74) is 10.1. The average Bonchev–Trinajstić information content (AvgIpc) is 2.88. The van der Waals surface area contributed by atoms with E-state index < -0.39 is 0 Å². The summed E-state index contributed by atoms with van der Waals surface area (Å²) in [4.78, 5) is 0. The predicted molar refractivity (Wildman–Crippen MR) is 88.9 cm³/mol. The summed E-state index contributed by atoms with van der Waals surface area (Å²) in [5.74, 6) is 1.14. The van der Waals surface area contributed by atoms with Crippen molar-refractivity contribution in [2.75, 3.05) is 5.73 Å². The molecule has 0 aliphatic rings. The minimum absolute atomic E-state index is 0.411. The van der Waals surface area contributed by atoms with E-state index in [1.54, 1.807) is 0 Å². The molecule has 0 saturated carbocycles. The first-order valence-electron chi connectivity index (χ1n) is 6.80. The van der Waals surface area contributed by atoms with Gasteiger partial charge in [-0.3, -0.25) is 0 Å². The molecule has 3 aromatic rings. The molecule has 3 nitrogen and oxygen atoms in total. The maximum absolute atomic E-state index is 6.03. The number of nitrogen functional groups attached to an aromatic ring is 1. The summed E-state index contributed by atoms with van der Waals surface area (Å²) in [6.45, 7) is 2.12. The number of nitrogens with two attached hydrogens (primary N) is 1. The Bertz CT molecular complexity index is 780. The molecule has 0 aliphatic carbocycles. The van der Waals surface area contributed by atoms with Gasteiger partial charge in [0.25, 0.3) is 0 Å². The number of hydrogen-bond donors (Lipinski definition) is 1. The van der Waals surface area contributed by atoms with E-state index in [1.165, 1.54) is 5.56 Å². The fourth-order valence-corrected chi connectivity index (χ4v) is 2.86. The van der Waals surface area contributed by atoms with Crippen LogP contribution in [0.15, 0.2) is 57.5 Å². The molecule has 0 bridgehead atoms. The summed E-state index contributed by atoms with van der Waals surface area (Å²) >= 11 is 3.49. The van der Waals surface area contributed by atoms with Crippen LogP contribution < -0.4 is 5.73 Å². The standard InChI is InChI=1S/C17H15BrN2O/c1-2-11-6-3-4-9-14(11)16-15(17(19)20-21-16)12-7-5-8-13(18)10-12/h3-10H,2H2,1H3,(H2,19,20). The van der Waals surface area contributed by atoms with Crippen LogP contribution in [0.4, 0.5) is 5.82 Å². The number of rotatable bonds is 3. The zero-order valence-electron chi connectivity index (χ0n) is 11.6. The quantitative estimate of drug-likeness (QED) is 0.735. The van der Waals surface area contributed by atoms with E-state index in [0.29, 0.717) is 5.82 Å². The topological polar surface area (TPSA) is 52.0 Å². The highest BCUT2D eigenvalue weighted by Gasteiger charge is 2.19. The molecule has 0 amide bonds. The van der Waals surface area contributed by atoms with Crippen LogP contribution in [0.1, 0.15) is 12.5 Å². The number of halogens is 1. The van der Waals surface area contributed by atoms with E-state index in [-0.39, 0.29) is 0 Å². The Kier molecular flexibility index (Phi) is 3.80. The number of nitrogens with zero attached hydrogens (tertiary/aromatic N) is 1. The van der Waals surface area contributed by atoms with Gasteiger partial charge in [0.05, 0.1) is 5.56 Å². The van der Waals surface area contributed by atoms with E-state index in [0.717, 1.165) is 33.3 Å². The third kappa shape index (κ3) is 2.59. The van der Waals surface area contributed by atoms with Gasteiger partial charge in [-0.2, -0.15) is 0 Å². The molecule has 0 atom stereocenters. The Hall–Kier alpha value is -2.07. The normalized spacial score (nSPS) is 10.8. The van der Waals surface area contributed by atoms with Gasteiger partial charge in [0.15, 0.2) is 11.6 Å². The molecule has 4 heteroatoms. The number of aryl methyl sites for hydroxylation is 1. The molecule has 0 saturated heterocycles. The Labute approximate surface area is 131 Å². The number of benzene rings is 2. The van der Waals surface area contributed by atoms with Gasteiger partial charge in [0.2, 0.25) is 0 Å². The summed E-state index contributed by atoms with van der Waals surface area (Å²) < 4.78 is 6.52. The van der Waals surface area contributed by atoms with Crippen molar-refractivity contribution in [2.24, 2.45) is 0 Å². The third-order valence-corrected chi connectivity index (χ3v) is 3.97. The van der Waals surface area contributed by atoms with Crippen LogP contribution in [0.25, 0.3) is 22.5 Å². The fraction of sp³-hybridized carbons (Fsp3) is 0.118. The van der Waals surface area contributed by atoms with Crippen molar-refractivity contribution in [2.45, 2.75) is 13.3 Å². The molecule has 106 valence electrons. The van der Waals surface area contributed by atoms with Crippen LogP contribution in [0.2, 0.25) is 0 Å². The summed E-state index contributed by atoms with van der Waals surface area (Å²) in [7, 11) is 0. The minimum atomic E-state index is 0.411. The van der Waals surface area contributed by atoms with Crippen molar-refractivity contribution in [1.29, 1.82) is 0 Å². The van der Waals surface area contributed by atoms with Gasteiger partial charge in [-0.1, -0.05) is 64.4 Å². The zero-order chi connectivity index (χ0) is 14.8. The van der Waals surface area contributed by atoms with E-state index in [1.807, 2.05) is 42.5 Å². The number of hydrogen-bond acceptors (Lipinski definition) is 3. The monoisotopic (exact) mass is 342 g/mol. The summed E-state index contributed by atoms with van der Waals surface area (Å²) in [6.07, 6.45) is 0.925. The third-order valence-electron chi connectivity index (χ3n) is 3.47. The smallest absolute Gasteiger partial charge is 0.177 e. The SMILES string of the molecule is CCc1ccccc1-c1onc(N)c1-c1cccc(Br)c1. The first kappa shape index (κ1) is 13.9. The molecule has 1 heterocycles. The van der Waals surface area contributed by atoms with E-state index >= 15 is 0 Å². The van der Waals surface area contributed by atoms with E-state index in [2.05, 4.69) is 34.1 Å². The van der Waals surface area contributed by atoms with Gasteiger partial charge < -0.3 is 10.3 Å². The van der Waals surface area contributed by atoms with Gasteiger partial charge in [0.1, 0.15) is 0 Å². The molecule has 3 rings (SSSR count). The molecule has 0 radical (unpaired) electrons. The lowest BCUT2D eigenvalue weighted by molar-refractivity contribution is 0.436. The lowest BCUT2D eigenvalue weighted by Crippen LogP contribution is -1.91. The van der Waals surface area contributed by atoms with Gasteiger partial charge in [-0.15, -0.1) is 0 Å². The van der Waals surface area contributed by atoms with Crippen LogP contribution in [0.5, 0.6) is 0 Å². The van der Waals surface area contributed by atoms with Gasteiger partial charge in [-0.25, -0.2) is 0 Å². The highest BCUT2D eigenvalue weighted by atomic mass is 79.9. The minimum Gasteiger partial charge on any atom is -0.380 e. The molecular formula is C17H15BrN2O. The Morgan fingerprint density at radius 1 is 1.14 bits per heavy atom. The molecule has 2 aromatic carbocycles. The molecule has 1 aromatic heterocycles. The van der Waals surface area contributed by atoms with Gasteiger partial charge in [-0.05, 0) is 29.7 Å². The average molecular weight is 343 g/mol. The summed E-state index contributed by atoms with van der Waals surface area (Å²) in [6, 6.07) is 16.1. The van der Waals surface area contributed by atoms with Crippen molar-refractivity contribution in [3.8, 4) is 22.5 Å². The van der Waals surface area contributed by atoms with Crippen LogP contribution in [0, 0.1) is 0 Å². The Morgan fingerprint density at radius 2 is 1.95 bits per heavy atom. The van der Waals surface area contributed by atoms with Gasteiger partial charge in [0, 0.05) is 10.0 Å². The molecule has 0 spiro atoms. The first-order chi connectivity index (χ1) is 10.2. The fourth-order valence-electron chi connectivity index (χ4n) is 2.46. The molecule has 2 N–H and O–H groups in total. The zero-order valence-corrected chi connectivity index (χ0v) is 13.2.